The predicted octanol–water partition coefficient (Wildman–Crippen LogP) is 3.29. The van der Waals surface area contributed by atoms with E-state index in [0.717, 1.165) is 19.4 Å². The summed E-state index contributed by atoms with van der Waals surface area (Å²) in [6, 6.07) is 0.311. The minimum atomic E-state index is 0.0642. The average Bonchev–Trinajstić information content (AvgIpc) is 2.24. The molecule has 2 nitrogen and oxygen atoms in total. The lowest BCUT2D eigenvalue weighted by atomic mass is 9.99. The van der Waals surface area contributed by atoms with Crippen LogP contribution < -0.4 is 0 Å². The molecule has 3 heteroatoms. The summed E-state index contributed by atoms with van der Waals surface area (Å²) >= 11 is 5.61. The van der Waals surface area contributed by atoms with Gasteiger partial charge in [-0.2, -0.15) is 0 Å². The van der Waals surface area contributed by atoms with Crippen molar-refractivity contribution in [3.05, 3.63) is 0 Å². The van der Waals surface area contributed by atoms with E-state index in [1.54, 1.807) is 0 Å². The molecule has 0 aromatic carbocycles. The van der Waals surface area contributed by atoms with Gasteiger partial charge in [-0.3, -0.25) is 4.79 Å². The summed E-state index contributed by atoms with van der Waals surface area (Å²) in [5, 5.41) is 0. The Labute approximate surface area is 99.0 Å². The van der Waals surface area contributed by atoms with E-state index in [0.29, 0.717) is 12.0 Å². The van der Waals surface area contributed by atoms with Crippen molar-refractivity contribution in [3.8, 4) is 0 Å². The first-order chi connectivity index (χ1) is 7.06. The summed E-state index contributed by atoms with van der Waals surface area (Å²) in [6.07, 6.45) is 3.23. The van der Waals surface area contributed by atoms with Crippen molar-refractivity contribution in [1.29, 1.82) is 0 Å². The summed E-state index contributed by atoms with van der Waals surface area (Å²) in [4.78, 5) is 13.5. The molecule has 15 heavy (non-hydrogen) atoms. The Kier molecular flexibility index (Phi) is 7.85. The fourth-order valence-corrected chi connectivity index (χ4v) is 1.94. The number of halogens is 1. The molecule has 0 N–H and O–H groups in total. The Hall–Kier alpha value is -0.240. The third-order valence-corrected chi connectivity index (χ3v) is 3.10. The quantitative estimate of drug-likeness (QED) is 0.618. The third kappa shape index (κ3) is 5.41. The van der Waals surface area contributed by atoms with Crippen LogP contribution in [0.15, 0.2) is 0 Å². The molecule has 0 radical (unpaired) electrons. The smallest absolute Gasteiger partial charge is 0.237 e. The lowest BCUT2D eigenvalue weighted by Gasteiger charge is -2.30. The van der Waals surface area contributed by atoms with Crippen LogP contribution in [0.2, 0.25) is 0 Å². The van der Waals surface area contributed by atoms with Gasteiger partial charge in [-0.05, 0) is 25.7 Å². The first-order valence-corrected chi connectivity index (χ1v) is 6.45. The minimum Gasteiger partial charge on any atom is -0.339 e. The van der Waals surface area contributed by atoms with Crippen LogP contribution in [0.25, 0.3) is 0 Å². The van der Waals surface area contributed by atoms with Gasteiger partial charge in [0.2, 0.25) is 5.91 Å². The summed E-state index contributed by atoms with van der Waals surface area (Å²) in [7, 11) is 0. The second kappa shape index (κ2) is 7.98. The number of alkyl halides is 1. The SMILES string of the molecule is CCCN(C(=O)CCl)C(C)CC(C)CC. The van der Waals surface area contributed by atoms with E-state index in [1.165, 1.54) is 6.42 Å². The molecule has 1 amide bonds. The van der Waals surface area contributed by atoms with Crippen LogP contribution in [-0.4, -0.2) is 29.3 Å². The monoisotopic (exact) mass is 233 g/mol. The van der Waals surface area contributed by atoms with E-state index in [4.69, 9.17) is 11.6 Å². The van der Waals surface area contributed by atoms with Gasteiger partial charge in [0.05, 0.1) is 0 Å². The lowest BCUT2D eigenvalue weighted by Crippen LogP contribution is -2.40. The van der Waals surface area contributed by atoms with Crippen LogP contribution in [0.1, 0.15) is 47.0 Å². The highest BCUT2D eigenvalue weighted by Gasteiger charge is 2.19. The van der Waals surface area contributed by atoms with Crippen molar-refractivity contribution in [2.24, 2.45) is 5.92 Å². The molecule has 0 aromatic heterocycles. The van der Waals surface area contributed by atoms with Gasteiger partial charge in [0.1, 0.15) is 5.88 Å². The first-order valence-electron chi connectivity index (χ1n) is 5.92. The van der Waals surface area contributed by atoms with E-state index in [2.05, 4.69) is 27.7 Å². The Bertz CT molecular complexity index is 184. The second-order valence-electron chi connectivity index (χ2n) is 4.32. The molecule has 90 valence electrons. The minimum absolute atomic E-state index is 0.0642. The van der Waals surface area contributed by atoms with Crippen molar-refractivity contribution in [2.45, 2.75) is 53.0 Å². The maximum atomic E-state index is 11.6. The summed E-state index contributed by atoms with van der Waals surface area (Å²) < 4.78 is 0. The van der Waals surface area contributed by atoms with E-state index >= 15 is 0 Å². The molecule has 2 atom stereocenters. The molecule has 2 unspecified atom stereocenters. The molecule has 0 spiro atoms. The standard InChI is InChI=1S/C12H24ClNO/c1-5-7-14(12(15)9-13)11(4)8-10(3)6-2/h10-11H,5-9H2,1-4H3. The zero-order chi connectivity index (χ0) is 11.8. The van der Waals surface area contributed by atoms with Crippen LogP contribution in [0.3, 0.4) is 0 Å². The zero-order valence-corrected chi connectivity index (χ0v) is 11.2. The summed E-state index contributed by atoms with van der Waals surface area (Å²) in [5.41, 5.74) is 0. The number of hydrogen-bond acceptors (Lipinski definition) is 1. The molecule has 0 aliphatic heterocycles. The summed E-state index contributed by atoms with van der Waals surface area (Å²) in [5.74, 6) is 0.835. The molecular weight excluding hydrogens is 210 g/mol. The number of hydrogen-bond donors (Lipinski definition) is 0. The molecule has 0 rings (SSSR count). The number of amides is 1. The molecule has 0 aliphatic rings. The normalized spacial score (nSPS) is 14.7. The van der Waals surface area contributed by atoms with Gasteiger partial charge in [-0.15, -0.1) is 11.6 Å². The Morgan fingerprint density at radius 1 is 1.33 bits per heavy atom. The van der Waals surface area contributed by atoms with Crippen LogP contribution >= 0.6 is 11.6 Å². The molecule has 0 saturated heterocycles. The Morgan fingerprint density at radius 2 is 1.93 bits per heavy atom. The first kappa shape index (κ1) is 14.8. The largest absolute Gasteiger partial charge is 0.339 e. The molecule has 0 saturated carbocycles. The van der Waals surface area contributed by atoms with Gasteiger partial charge in [0.15, 0.2) is 0 Å². The van der Waals surface area contributed by atoms with Crippen molar-refractivity contribution in [2.75, 3.05) is 12.4 Å². The fourth-order valence-electron chi connectivity index (χ4n) is 1.78. The Balaban J connectivity index is 4.27. The molecule has 0 bridgehead atoms. The van der Waals surface area contributed by atoms with Crippen molar-refractivity contribution in [1.82, 2.24) is 4.90 Å². The zero-order valence-electron chi connectivity index (χ0n) is 10.4. The van der Waals surface area contributed by atoms with Crippen LogP contribution in [-0.2, 0) is 4.79 Å². The second-order valence-corrected chi connectivity index (χ2v) is 4.59. The summed E-state index contributed by atoms with van der Waals surface area (Å²) in [6.45, 7) is 9.44. The molecule has 0 fully saturated rings. The van der Waals surface area contributed by atoms with Gasteiger partial charge < -0.3 is 4.90 Å². The van der Waals surface area contributed by atoms with Crippen molar-refractivity contribution in [3.63, 3.8) is 0 Å². The maximum Gasteiger partial charge on any atom is 0.237 e. The van der Waals surface area contributed by atoms with Gasteiger partial charge in [0.25, 0.3) is 0 Å². The van der Waals surface area contributed by atoms with Gasteiger partial charge in [0, 0.05) is 12.6 Å². The predicted molar refractivity (Wildman–Crippen MR) is 66.3 cm³/mol. The van der Waals surface area contributed by atoms with E-state index < -0.39 is 0 Å². The topological polar surface area (TPSA) is 20.3 Å². The van der Waals surface area contributed by atoms with Gasteiger partial charge >= 0.3 is 0 Å². The number of nitrogens with zero attached hydrogens (tertiary/aromatic N) is 1. The van der Waals surface area contributed by atoms with Crippen LogP contribution in [0.4, 0.5) is 0 Å². The van der Waals surface area contributed by atoms with Gasteiger partial charge in [-0.25, -0.2) is 0 Å². The highest BCUT2D eigenvalue weighted by atomic mass is 35.5. The van der Waals surface area contributed by atoms with Crippen molar-refractivity contribution >= 4 is 17.5 Å². The lowest BCUT2D eigenvalue weighted by molar-refractivity contribution is -0.130. The number of carbonyl (C=O) groups is 1. The Morgan fingerprint density at radius 3 is 2.33 bits per heavy atom. The van der Waals surface area contributed by atoms with E-state index in [-0.39, 0.29) is 11.8 Å². The van der Waals surface area contributed by atoms with E-state index in [9.17, 15) is 4.79 Å². The molecular formula is C12H24ClNO. The highest BCUT2D eigenvalue weighted by molar-refractivity contribution is 6.27. The fraction of sp³-hybridized carbons (Fsp3) is 0.917. The maximum absolute atomic E-state index is 11.6. The highest BCUT2D eigenvalue weighted by Crippen LogP contribution is 2.15. The van der Waals surface area contributed by atoms with E-state index in [1.807, 2.05) is 4.90 Å². The molecule has 0 aromatic rings. The third-order valence-electron chi connectivity index (χ3n) is 2.87. The molecule has 0 heterocycles. The number of carbonyl (C=O) groups excluding carboxylic acids is 1. The van der Waals surface area contributed by atoms with Crippen molar-refractivity contribution < 1.29 is 4.79 Å². The average molecular weight is 234 g/mol. The number of rotatable bonds is 7. The van der Waals surface area contributed by atoms with Crippen LogP contribution in [0.5, 0.6) is 0 Å². The molecule has 0 aliphatic carbocycles. The van der Waals surface area contributed by atoms with Crippen LogP contribution in [0, 0.1) is 5.92 Å². The van der Waals surface area contributed by atoms with Gasteiger partial charge in [-0.1, -0.05) is 27.2 Å².